The summed E-state index contributed by atoms with van der Waals surface area (Å²) in [5.41, 5.74) is 3.37. The number of fused-ring (bicyclic) bond motifs is 1. The number of para-hydroxylation sites is 2. The second-order valence-electron chi connectivity index (χ2n) is 7.67. The lowest BCUT2D eigenvalue weighted by Gasteiger charge is -2.29. The predicted octanol–water partition coefficient (Wildman–Crippen LogP) is 6.27. The average molecular weight is 454 g/mol. The van der Waals surface area contributed by atoms with Gasteiger partial charge in [-0.2, -0.15) is 0 Å². The van der Waals surface area contributed by atoms with Crippen LogP contribution in [0.4, 0.5) is 11.4 Å². The van der Waals surface area contributed by atoms with Gasteiger partial charge in [-0.15, -0.1) is 0 Å². The van der Waals surface area contributed by atoms with Crippen LogP contribution in [0, 0.1) is 0 Å². The summed E-state index contributed by atoms with van der Waals surface area (Å²) in [6.07, 6.45) is 1.74. The minimum atomic E-state index is -1.96. The molecule has 0 saturated carbocycles. The second-order valence-corrected chi connectivity index (χ2v) is 8.11. The first-order valence-corrected chi connectivity index (χ1v) is 10.9. The Morgan fingerprint density at radius 3 is 2.09 bits per heavy atom. The van der Waals surface area contributed by atoms with Gasteiger partial charge in [0.15, 0.2) is 0 Å². The third-order valence-corrected chi connectivity index (χ3v) is 5.81. The molecule has 4 aromatic rings. The molecule has 0 fully saturated rings. The van der Waals surface area contributed by atoms with Crippen LogP contribution in [0.25, 0.3) is 6.08 Å². The minimum Gasteiger partial charge on any atom is -0.419 e. The van der Waals surface area contributed by atoms with Crippen LogP contribution in [0.3, 0.4) is 0 Å². The third kappa shape index (κ3) is 3.91. The van der Waals surface area contributed by atoms with E-state index in [9.17, 15) is 9.90 Å². The number of esters is 1. The van der Waals surface area contributed by atoms with Gasteiger partial charge in [0.2, 0.25) is 0 Å². The Morgan fingerprint density at radius 2 is 1.39 bits per heavy atom. The average Bonchev–Trinajstić information content (AvgIpc) is 2.95. The van der Waals surface area contributed by atoms with Gasteiger partial charge in [0.1, 0.15) is 5.70 Å². The maximum absolute atomic E-state index is 13.6. The normalized spacial score (nSPS) is 19.0. The highest BCUT2D eigenvalue weighted by atomic mass is 35.5. The molecule has 1 N–H and O–H groups in total. The van der Waals surface area contributed by atoms with Crippen LogP contribution in [0.1, 0.15) is 16.7 Å². The van der Waals surface area contributed by atoms with Crippen molar-refractivity contribution in [2.45, 2.75) is 5.79 Å². The lowest BCUT2D eigenvalue weighted by Crippen LogP contribution is -2.32. The SMILES string of the molecule is O=C1O[C@@](O)(c2ccccc2)c2ccccc2N(c2ccccc2)/C1=C/c1ccc(Cl)cc1. The molecule has 1 aliphatic heterocycles. The van der Waals surface area contributed by atoms with Crippen LogP contribution in [0.5, 0.6) is 0 Å². The number of rotatable bonds is 3. The zero-order chi connectivity index (χ0) is 22.8. The van der Waals surface area contributed by atoms with Crippen molar-refractivity contribution in [3.63, 3.8) is 0 Å². The summed E-state index contributed by atoms with van der Waals surface area (Å²) < 4.78 is 5.85. The van der Waals surface area contributed by atoms with E-state index < -0.39 is 11.8 Å². The Kier molecular flexibility index (Phi) is 5.47. The van der Waals surface area contributed by atoms with Gasteiger partial charge < -0.3 is 14.7 Å². The first kappa shape index (κ1) is 21.0. The number of cyclic esters (lactones) is 1. The van der Waals surface area contributed by atoms with Gasteiger partial charge >= 0.3 is 5.97 Å². The van der Waals surface area contributed by atoms with E-state index in [1.807, 2.05) is 71.6 Å². The third-order valence-electron chi connectivity index (χ3n) is 5.55. The fourth-order valence-electron chi connectivity index (χ4n) is 3.99. The van der Waals surface area contributed by atoms with Crippen molar-refractivity contribution in [1.82, 2.24) is 0 Å². The molecule has 1 atom stereocenters. The smallest absolute Gasteiger partial charge is 0.358 e. The molecule has 0 spiro atoms. The Bertz CT molecular complexity index is 1320. The number of hydrogen-bond donors (Lipinski definition) is 1. The highest BCUT2D eigenvalue weighted by Gasteiger charge is 2.44. The highest BCUT2D eigenvalue weighted by molar-refractivity contribution is 6.30. The molecule has 5 heteroatoms. The van der Waals surface area contributed by atoms with Crippen LogP contribution < -0.4 is 4.90 Å². The molecule has 0 unspecified atom stereocenters. The van der Waals surface area contributed by atoms with E-state index in [4.69, 9.17) is 16.3 Å². The zero-order valence-electron chi connectivity index (χ0n) is 17.6. The van der Waals surface area contributed by atoms with Crippen molar-refractivity contribution in [2.24, 2.45) is 0 Å². The molecule has 0 amide bonds. The number of hydrogen-bond acceptors (Lipinski definition) is 4. The molecule has 1 heterocycles. The standard InChI is InChI=1S/C28H20ClNO3/c29-22-17-15-20(16-18-22)19-26-27(31)33-28(32,21-9-3-1-4-10-21)24-13-7-8-14-25(24)30(26)23-11-5-2-6-12-23/h1-19,32H/b26-19+/t28-/m0/s1. The number of benzene rings is 4. The monoisotopic (exact) mass is 453 g/mol. The van der Waals surface area contributed by atoms with Gasteiger partial charge in [-0.1, -0.05) is 84.4 Å². The molecule has 0 aliphatic carbocycles. The fourth-order valence-corrected chi connectivity index (χ4v) is 4.12. The number of ether oxygens (including phenoxy) is 1. The Labute approximate surface area is 196 Å². The van der Waals surface area contributed by atoms with E-state index in [1.165, 1.54) is 0 Å². The molecule has 4 nitrogen and oxygen atoms in total. The van der Waals surface area contributed by atoms with Gasteiger partial charge in [0.25, 0.3) is 5.79 Å². The Hall–Kier alpha value is -3.86. The largest absolute Gasteiger partial charge is 0.419 e. The van der Waals surface area contributed by atoms with Gasteiger partial charge in [0, 0.05) is 16.3 Å². The molecule has 0 aromatic heterocycles. The van der Waals surface area contributed by atoms with E-state index in [2.05, 4.69) is 0 Å². The van der Waals surface area contributed by atoms with Crippen molar-refractivity contribution in [3.8, 4) is 0 Å². The van der Waals surface area contributed by atoms with Crippen LogP contribution in [-0.2, 0) is 15.3 Å². The number of carbonyl (C=O) groups is 1. The molecule has 33 heavy (non-hydrogen) atoms. The molecule has 0 saturated heterocycles. The quantitative estimate of drug-likeness (QED) is 0.293. The maximum Gasteiger partial charge on any atom is 0.358 e. The molecular formula is C28H20ClNO3. The van der Waals surface area contributed by atoms with E-state index in [1.54, 1.807) is 48.5 Å². The van der Waals surface area contributed by atoms with Crippen LogP contribution in [0.2, 0.25) is 5.02 Å². The lowest BCUT2D eigenvalue weighted by atomic mass is 9.95. The van der Waals surface area contributed by atoms with Crippen molar-refractivity contribution in [1.29, 1.82) is 0 Å². The topological polar surface area (TPSA) is 49.8 Å². The summed E-state index contributed by atoms with van der Waals surface area (Å²) in [4.78, 5) is 15.4. The molecular weight excluding hydrogens is 434 g/mol. The summed E-state index contributed by atoms with van der Waals surface area (Å²) in [5, 5.41) is 12.4. The minimum absolute atomic E-state index is 0.267. The summed E-state index contributed by atoms with van der Waals surface area (Å²) in [6, 6.07) is 33.0. The summed E-state index contributed by atoms with van der Waals surface area (Å²) >= 11 is 6.05. The highest BCUT2D eigenvalue weighted by Crippen LogP contribution is 2.45. The number of carbonyl (C=O) groups excluding carboxylic acids is 1. The van der Waals surface area contributed by atoms with E-state index in [0.717, 1.165) is 11.3 Å². The second kappa shape index (κ2) is 8.58. The number of halogens is 1. The molecule has 1 aliphatic rings. The first-order valence-electron chi connectivity index (χ1n) is 10.5. The Morgan fingerprint density at radius 1 is 0.788 bits per heavy atom. The molecule has 0 bridgehead atoms. The van der Waals surface area contributed by atoms with Crippen molar-refractivity contribution in [2.75, 3.05) is 4.90 Å². The lowest BCUT2D eigenvalue weighted by molar-refractivity contribution is -0.191. The fraction of sp³-hybridized carbons (Fsp3) is 0.0357. The van der Waals surface area contributed by atoms with Crippen LogP contribution in [-0.4, -0.2) is 11.1 Å². The van der Waals surface area contributed by atoms with Crippen LogP contribution in [0.15, 0.2) is 115 Å². The van der Waals surface area contributed by atoms with E-state index >= 15 is 0 Å². The summed E-state index contributed by atoms with van der Waals surface area (Å²) in [7, 11) is 0. The van der Waals surface area contributed by atoms with E-state index in [0.29, 0.717) is 21.8 Å². The van der Waals surface area contributed by atoms with E-state index in [-0.39, 0.29) is 5.70 Å². The van der Waals surface area contributed by atoms with Crippen molar-refractivity contribution >= 4 is 35.0 Å². The number of aliphatic hydroxyl groups is 1. The number of nitrogens with zero attached hydrogens (tertiary/aromatic N) is 1. The Balaban J connectivity index is 1.78. The predicted molar refractivity (Wildman–Crippen MR) is 130 cm³/mol. The van der Waals surface area contributed by atoms with Gasteiger partial charge in [-0.25, -0.2) is 4.79 Å². The summed E-state index contributed by atoms with van der Waals surface area (Å²) in [6.45, 7) is 0. The number of anilines is 2. The zero-order valence-corrected chi connectivity index (χ0v) is 18.3. The van der Waals surface area contributed by atoms with Crippen molar-refractivity contribution < 1.29 is 14.6 Å². The van der Waals surface area contributed by atoms with Crippen LogP contribution >= 0.6 is 11.6 Å². The summed E-state index contributed by atoms with van der Waals surface area (Å²) in [5.74, 6) is -2.62. The molecule has 5 rings (SSSR count). The van der Waals surface area contributed by atoms with Crippen molar-refractivity contribution in [3.05, 3.63) is 137 Å². The molecule has 162 valence electrons. The molecule has 0 radical (unpaired) electrons. The van der Waals surface area contributed by atoms with Gasteiger partial charge in [-0.3, -0.25) is 0 Å². The maximum atomic E-state index is 13.6. The molecule has 4 aromatic carbocycles. The first-order chi connectivity index (χ1) is 16.1. The van der Waals surface area contributed by atoms with Gasteiger partial charge in [-0.05, 0) is 48.0 Å². The van der Waals surface area contributed by atoms with Gasteiger partial charge in [0.05, 0.1) is 11.3 Å².